The SMILES string of the molecule is CCCC(N)c1nc2ccc(C(F)(F)F)cc2[nH]1. The molecule has 3 nitrogen and oxygen atoms in total. The van der Waals surface area contributed by atoms with E-state index in [-0.39, 0.29) is 6.04 Å². The van der Waals surface area contributed by atoms with Crippen molar-refractivity contribution >= 4 is 11.0 Å². The fourth-order valence-electron chi connectivity index (χ4n) is 1.83. The van der Waals surface area contributed by atoms with E-state index in [0.717, 1.165) is 25.0 Å². The molecular formula is C12H14F3N3. The maximum absolute atomic E-state index is 12.5. The van der Waals surface area contributed by atoms with E-state index in [1.807, 2.05) is 6.92 Å². The number of aromatic amines is 1. The van der Waals surface area contributed by atoms with Crippen molar-refractivity contribution in [1.82, 2.24) is 9.97 Å². The van der Waals surface area contributed by atoms with Crippen LogP contribution in [0.3, 0.4) is 0 Å². The van der Waals surface area contributed by atoms with E-state index in [1.165, 1.54) is 6.07 Å². The third-order valence-electron chi connectivity index (χ3n) is 2.78. The first-order chi connectivity index (χ1) is 8.41. The summed E-state index contributed by atoms with van der Waals surface area (Å²) in [6.45, 7) is 1.99. The molecule has 0 amide bonds. The number of nitrogens with two attached hydrogens (primary N) is 1. The molecule has 0 fully saturated rings. The molecule has 6 heteroatoms. The fraction of sp³-hybridized carbons (Fsp3) is 0.417. The number of imidazole rings is 1. The quantitative estimate of drug-likeness (QED) is 0.885. The standard InChI is InChI=1S/C12H14F3N3/c1-2-3-8(16)11-17-9-5-4-7(12(13,14)15)6-10(9)18-11/h4-6,8H,2-3,16H2,1H3,(H,17,18). The highest BCUT2D eigenvalue weighted by molar-refractivity contribution is 5.76. The van der Waals surface area contributed by atoms with Crippen LogP contribution in [0.5, 0.6) is 0 Å². The Morgan fingerprint density at radius 1 is 1.39 bits per heavy atom. The zero-order valence-electron chi connectivity index (χ0n) is 9.88. The summed E-state index contributed by atoms with van der Waals surface area (Å²) < 4.78 is 37.6. The molecule has 2 aromatic rings. The number of nitrogens with one attached hydrogen (secondary N) is 1. The highest BCUT2D eigenvalue weighted by Gasteiger charge is 2.30. The van der Waals surface area contributed by atoms with E-state index in [4.69, 9.17) is 5.73 Å². The summed E-state index contributed by atoms with van der Waals surface area (Å²) >= 11 is 0. The average Bonchev–Trinajstić information content (AvgIpc) is 2.70. The molecule has 18 heavy (non-hydrogen) atoms. The lowest BCUT2D eigenvalue weighted by Crippen LogP contribution is -2.11. The predicted molar refractivity (Wildman–Crippen MR) is 62.9 cm³/mol. The van der Waals surface area contributed by atoms with Crippen molar-refractivity contribution in [2.45, 2.75) is 32.0 Å². The number of fused-ring (bicyclic) bond motifs is 1. The largest absolute Gasteiger partial charge is 0.416 e. The minimum absolute atomic E-state index is 0.267. The van der Waals surface area contributed by atoms with Gasteiger partial charge in [-0.3, -0.25) is 0 Å². The van der Waals surface area contributed by atoms with Crippen LogP contribution in [0.25, 0.3) is 11.0 Å². The van der Waals surface area contributed by atoms with Crippen LogP contribution in [-0.4, -0.2) is 9.97 Å². The van der Waals surface area contributed by atoms with Gasteiger partial charge in [0.15, 0.2) is 0 Å². The van der Waals surface area contributed by atoms with Crippen LogP contribution in [0.15, 0.2) is 18.2 Å². The summed E-state index contributed by atoms with van der Waals surface area (Å²) in [6.07, 6.45) is -2.71. The molecule has 1 atom stereocenters. The van der Waals surface area contributed by atoms with Gasteiger partial charge in [0.05, 0.1) is 22.6 Å². The molecular weight excluding hydrogens is 243 g/mol. The van der Waals surface area contributed by atoms with Gasteiger partial charge in [0.1, 0.15) is 5.82 Å². The summed E-state index contributed by atoms with van der Waals surface area (Å²) in [6, 6.07) is 3.18. The number of hydrogen-bond acceptors (Lipinski definition) is 2. The number of halogens is 3. The molecule has 1 aromatic carbocycles. The van der Waals surface area contributed by atoms with Crippen molar-refractivity contribution in [1.29, 1.82) is 0 Å². The van der Waals surface area contributed by atoms with Crippen molar-refractivity contribution in [3.8, 4) is 0 Å². The molecule has 0 bridgehead atoms. The van der Waals surface area contributed by atoms with Gasteiger partial charge in [-0.25, -0.2) is 4.98 Å². The van der Waals surface area contributed by atoms with Gasteiger partial charge in [0, 0.05) is 0 Å². The van der Waals surface area contributed by atoms with Gasteiger partial charge >= 0.3 is 6.18 Å². The number of alkyl halides is 3. The van der Waals surface area contributed by atoms with E-state index in [9.17, 15) is 13.2 Å². The molecule has 0 saturated carbocycles. The molecule has 1 heterocycles. The maximum atomic E-state index is 12.5. The molecule has 0 saturated heterocycles. The summed E-state index contributed by atoms with van der Waals surface area (Å²) in [5.74, 6) is 0.533. The van der Waals surface area contributed by atoms with Crippen LogP contribution in [0.1, 0.15) is 37.2 Å². The number of H-pyrrole nitrogens is 1. The molecule has 98 valence electrons. The van der Waals surface area contributed by atoms with Crippen molar-refractivity contribution < 1.29 is 13.2 Å². The van der Waals surface area contributed by atoms with E-state index in [0.29, 0.717) is 16.9 Å². The normalized spacial score (nSPS) is 14.1. The van der Waals surface area contributed by atoms with E-state index >= 15 is 0 Å². The van der Waals surface area contributed by atoms with Gasteiger partial charge in [0.2, 0.25) is 0 Å². The average molecular weight is 257 g/mol. The second-order valence-electron chi connectivity index (χ2n) is 4.25. The highest BCUT2D eigenvalue weighted by atomic mass is 19.4. The first-order valence-electron chi connectivity index (χ1n) is 5.74. The Morgan fingerprint density at radius 2 is 2.11 bits per heavy atom. The summed E-state index contributed by atoms with van der Waals surface area (Å²) in [5, 5.41) is 0. The number of rotatable bonds is 3. The minimum Gasteiger partial charge on any atom is -0.341 e. The Hall–Kier alpha value is -1.56. The zero-order chi connectivity index (χ0) is 13.3. The Morgan fingerprint density at radius 3 is 2.72 bits per heavy atom. The van der Waals surface area contributed by atoms with Gasteiger partial charge < -0.3 is 10.7 Å². The molecule has 3 N–H and O–H groups in total. The smallest absolute Gasteiger partial charge is 0.341 e. The van der Waals surface area contributed by atoms with Crippen LogP contribution < -0.4 is 5.73 Å². The molecule has 1 unspecified atom stereocenters. The van der Waals surface area contributed by atoms with Crippen molar-refractivity contribution in [2.75, 3.05) is 0 Å². The van der Waals surface area contributed by atoms with Crippen molar-refractivity contribution in [3.05, 3.63) is 29.6 Å². The third-order valence-corrected chi connectivity index (χ3v) is 2.78. The summed E-state index contributed by atoms with van der Waals surface area (Å²) in [5.41, 5.74) is 6.06. The van der Waals surface area contributed by atoms with Gasteiger partial charge in [0.25, 0.3) is 0 Å². The minimum atomic E-state index is -4.34. The van der Waals surface area contributed by atoms with Crippen LogP contribution in [0.4, 0.5) is 13.2 Å². The molecule has 1 aromatic heterocycles. The topological polar surface area (TPSA) is 54.7 Å². The van der Waals surface area contributed by atoms with Gasteiger partial charge in [-0.1, -0.05) is 13.3 Å². The lowest BCUT2D eigenvalue weighted by atomic mass is 10.2. The number of nitrogens with zero attached hydrogens (tertiary/aromatic N) is 1. The van der Waals surface area contributed by atoms with Gasteiger partial charge in [-0.2, -0.15) is 13.2 Å². The molecule has 0 aliphatic rings. The third kappa shape index (κ3) is 2.48. The first-order valence-corrected chi connectivity index (χ1v) is 5.74. The maximum Gasteiger partial charge on any atom is 0.416 e. The van der Waals surface area contributed by atoms with Crippen LogP contribution in [0, 0.1) is 0 Å². The Kier molecular flexibility index (Phi) is 3.30. The molecule has 0 aliphatic heterocycles. The Balaban J connectivity index is 2.40. The number of aromatic nitrogens is 2. The van der Waals surface area contributed by atoms with Crippen LogP contribution in [-0.2, 0) is 6.18 Å². The summed E-state index contributed by atoms with van der Waals surface area (Å²) in [7, 11) is 0. The number of benzene rings is 1. The first kappa shape index (κ1) is 12.9. The predicted octanol–water partition coefficient (Wildman–Crippen LogP) is 3.38. The zero-order valence-corrected chi connectivity index (χ0v) is 9.88. The van der Waals surface area contributed by atoms with E-state index in [2.05, 4.69) is 9.97 Å². The van der Waals surface area contributed by atoms with Crippen LogP contribution >= 0.6 is 0 Å². The molecule has 2 rings (SSSR count). The van der Waals surface area contributed by atoms with Gasteiger partial charge in [-0.05, 0) is 24.6 Å². The fourth-order valence-corrected chi connectivity index (χ4v) is 1.83. The van der Waals surface area contributed by atoms with E-state index in [1.54, 1.807) is 0 Å². The Bertz CT molecular complexity index is 545. The van der Waals surface area contributed by atoms with Crippen molar-refractivity contribution in [3.63, 3.8) is 0 Å². The van der Waals surface area contributed by atoms with Crippen molar-refractivity contribution in [2.24, 2.45) is 5.73 Å². The lowest BCUT2D eigenvalue weighted by Gasteiger charge is -2.05. The lowest BCUT2D eigenvalue weighted by molar-refractivity contribution is -0.137. The molecule has 0 aliphatic carbocycles. The molecule has 0 radical (unpaired) electrons. The van der Waals surface area contributed by atoms with Crippen LogP contribution in [0.2, 0.25) is 0 Å². The van der Waals surface area contributed by atoms with Gasteiger partial charge in [-0.15, -0.1) is 0 Å². The second-order valence-corrected chi connectivity index (χ2v) is 4.25. The Labute approximate surface area is 102 Å². The monoisotopic (exact) mass is 257 g/mol. The van der Waals surface area contributed by atoms with E-state index < -0.39 is 11.7 Å². The number of hydrogen-bond donors (Lipinski definition) is 2. The second kappa shape index (κ2) is 4.61. The molecule has 0 spiro atoms. The summed E-state index contributed by atoms with van der Waals surface area (Å²) in [4.78, 5) is 7.06. The highest BCUT2D eigenvalue weighted by Crippen LogP contribution is 2.31.